The van der Waals surface area contributed by atoms with Crippen LogP contribution in [0.4, 0.5) is 17.1 Å². The Labute approximate surface area is 95.6 Å². The van der Waals surface area contributed by atoms with Gasteiger partial charge in [-0.1, -0.05) is 15.9 Å². The molecule has 0 saturated carbocycles. The second-order valence-corrected chi connectivity index (χ2v) is 4.76. The molecule has 2 heterocycles. The highest BCUT2D eigenvalue weighted by atomic mass is 79.9. The predicted molar refractivity (Wildman–Crippen MR) is 62.7 cm³/mol. The summed E-state index contributed by atoms with van der Waals surface area (Å²) >= 11 is 3.40. The summed E-state index contributed by atoms with van der Waals surface area (Å²) in [5.74, 6) is 0.0379. The summed E-state index contributed by atoms with van der Waals surface area (Å²) in [4.78, 5) is 17.3. The van der Waals surface area contributed by atoms with Gasteiger partial charge in [0, 0.05) is 17.8 Å². The molecule has 0 spiro atoms. The first-order chi connectivity index (χ1) is 7.09. The van der Waals surface area contributed by atoms with Crippen LogP contribution in [-0.4, -0.2) is 22.3 Å². The summed E-state index contributed by atoms with van der Waals surface area (Å²) in [5, 5.41) is 0. The van der Waals surface area contributed by atoms with Crippen molar-refractivity contribution >= 4 is 38.9 Å². The smallest absolute Gasteiger partial charge is 0.228 e. The lowest BCUT2D eigenvalue weighted by Crippen LogP contribution is -2.26. The van der Waals surface area contributed by atoms with Crippen molar-refractivity contribution in [3.8, 4) is 0 Å². The van der Waals surface area contributed by atoms with Crippen LogP contribution in [0.5, 0.6) is 0 Å². The number of anilines is 3. The van der Waals surface area contributed by atoms with Gasteiger partial charge >= 0.3 is 0 Å². The van der Waals surface area contributed by atoms with Gasteiger partial charge in [0.2, 0.25) is 5.91 Å². The molecule has 4 N–H and O–H groups in total. The van der Waals surface area contributed by atoms with E-state index >= 15 is 0 Å². The zero-order valence-corrected chi connectivity index (χ0v) is 9.57. The van der Waals surface area contributed by atoms with Gasteiger partial charge in [0.15, 0.2) is 0 Å². The van der Waals surface area contributed by atoms with E-state index in [1.165, 1.54) is 6.20 Å². The van der Waals surface area contributed by atoms with Gasteiger partial charge in [-0.15, -0.1) is 0 Å². The molecule has 1 aromatic heterocycles. The molecule has 0 aliphatic carbocycles. The molecule has 1 aromatic rings. The van der Waals surface area contributed by atoms with Crippen LogP contribution in [-0.2, 0) is 4.79 Å². The van der Waals surface area contributed by atoms with Crippen LogP contribution in [0.25, 0.3) is 0 Å². The number of amides is 1. The average molecular weight is 271 g/mol. The maximum Gasteiger partial charge on any atom is 0.228 e. The van der Waals surface area contributed by atoms with Crippen molar-refractivity contribution in [3.63, 3.8) is 0 Å². The fourth-order valence-corrected chi connectivity index (χ4v) is 2.15. The van der Waals surface area contributed by atoms with Crippen molar-refractivity contribution in [2.24, 2.45) is 0 Å². The molecule has 15 heavy (non-hydrogen) atoms. The molecule has 1 saturated heterocycles. The molecule has 0 aromatic carbocycles. The summed E-state index contributed by atoms with van der Waals surface area (Å²) in [7, 11) is 0. The second kappa shape index (κ2) is 3.69. The van der Waals surface area contributed by atoms with E-state index in [0.717, 1.165) is 0 Å². The van der Waals surface area contributed by atoms with Crippen molar-refractivity contribution < 1.29 is 4.79 Å². The number of rotatable bonds is 1. The molecule has 1 unspecified atom stereocenters. The van der Waals surface area contributed by atoms with Crippen molar-refractivity contribution in [3.05, 3.63) is 12.4 Å². The van der Waals surface area contributed by atoms with Gasteiger partial charge in [-0.25, -0.2) is 0 Å². The Morgan fingerprint density at radius 3 is 2.80 bits per heavy atom. The molecule has 1 aliphatic heterocycles. The number of carbonyl (C=O) groups excluding carboxylic acids is 1. The Bertz CT molecular complexity index is 409. The molecule has 6 heteroatoms. The summed E-state index contributed by atoms with van der Waals surface area (Å²) in [6.07, 6.45) is 3.52. The summed E-state index contributed by atoms with van der Waals surface area (Å²) in [5.41, 5.74) is 12.8. The fourth-order valence-electron chi connectivity index (χ4n) is 1.59. The van der Waals surface area contributed by atoms with Crippen LogP contribution in [0, 0.1) is 0 Å². The summed E-state index contributed by atoms with van der Waals surface area (Å²) < 4.78 is 0. The Hall–Kier alpha value is -1.30. The first-order valence-corrected chi connectivity index (χ1v) is 5.44. The van der Waals surface area contributed by atoms with E-state index in [1.54, 1.807) is 11.1 Å². The molecule has 1 aliphatic rings. The van der Waals surface area contributed by atoms with E-state index in [1.807, 2.05) is 0 Å². The number of pyridine rings is 1. The average Bonchev–Trinajstić information content (AvgIpc) is 2.50. The Morgan fingerprint density at radius 1 is 1.47 bits per heavy atom. The molecular formula is C9H11BrN4O. The number of hydrogen-bond acceptors (Lipinski definition) is 4. The first kappa shape index (κ1) is 10.2. The fraction of sp³-hybridized carbons (Fsp3) is 0.333. The third kappa shape index (κ3) is 1.77. The molecule has 1 amide bonds. The highest BCUT2D eigenvalue weighted by molar-refractivity contribution is 9.09. The molecular weight excluding hydrogens is 260 g/mol. The van der Waals surface area contributed by atoms with Gasteiger partial charge in [-0.05, 0) is 0 Å². The minimum absolute atomic E-state index is 0.0379. The lowest BCUT2D eigenvalue weighted by atomic mass is 10.3. The third-order valence-electron chi connectivity index (χ3n) is 2.37. The Balaban J connectivity index is 2.38. The third-order valence-corrected chi connectivity index (χ3v) is 2.98. The summed E-state index contributed by atoms with van der Waals surface area (Å²) in [6.45, 7) is 0.605. The number of hydrogen-bond donors (Lipinski definition) is 2. The largest absolute Gasteiger partial charge is 0.396 e. The normalized spacial score (nSPS) is 21.0. The second-order valence-electron chi connectivity index (χ2n) is 3.47. The Morgan fingerprint density at radius 2 is 2.20 bits per heavy atom. The van der Waals surface area contributed by atoms with Gasteiger partial charge in [-0.2, -0.15) is 0 Å². The van der Waals surface area contributed by atoms with E-state index in [-0.39, 0.29) is 10.7 Å². The number of halogens is 1. The topological polar surface area (TPSA) is 85.2 Å². The maximum absolute atomic E-state index is 11.6. The quantitative estimate of drug-likeness (QED) is 0.738. The molecule has 1 atom stereocenters. The van der Waals surface area contributed by atoms with Crippen molar-refractivity contribution in [2.75, 3.05) is 22.9 Å². The van der Waals surface area contributed by atoms with E-state index < -0.39 is 0 Å². The van der Waals surface area contributed by atoms with E-state index in [9.17, 15) is 4.79 Å². The predicted octanol–water partition coefficient (Wildman–Crippen LogP) is 0.746. The monoisotopic (exact) mass is 270 g/mol. The van der Waals surface area contributed by atoms with E-state index in [4.69, 9.17) is 11.5 Å². The SMILES string of the molecule is Nc1cncc(N2CC(Br)CC2=O)c1N. The molecule has 80 valence electrons. The van der Waals surface area contributed by atoms with Gasteiger partial charge in [-0.3, -0.25) is 9.78 Å². The van der Waals surface area contributed by atoms with Gasteiger partial charge in [0.25, 0.3) is 0 Å². The number of alkyl halides is 1. The molecule has 5 nitrogen and oxygen atoms in total. The van der Waals surface area contributed by atoms with Gasteiger partial charge in [0.05, 0.1) is 29.5 Å². The lowest BCUT2D eigenvalue weighted by molar-refractivity contribution is -0.117. The lowest BCUT2D eigenvalue weighted by Gasteiger charge is -2.18. The zero-order chi connectivity index (χ0) is 11.0. The number of nitrogens with two attached hydrogens (primary N) is 2. The van der Waals surface area contributed by atoms with Crippen LogP contribution in [0.15, 0.2) is 12.4 Å². The van der Waals surface area contributed by atoms with E-state index in [2.05, 4.69) is 20.9 Å². The van der Waals surface area contributed by atoms with Crippen molar-refractivity contribution in [1.29, 1.82) is 0 Å². The summed E-state index contributed by atoms with van der Waals surface area (Å²) in [6, 6.07) is 0. The van der Waals surface area contributed by atoms with Crippen LogP contribution >= 0.6 is 15.9 Å². The van der Waals surface area contributed by atoms with Crippen molar-refractivity contribution in [2.45, 2.75) is 11.2 Å². The number of aromatic nitrogens is 1. The van der Waals surface area contributed by atoms with Crippen LogP contribution < -0.4 is 16.4 Å². The Kier molecular flexibility index (Phi) is 2.52. The zero-order valence-electron chi connectivity index (χ0n) is 7.98. The maximum atomic E-state index is 11.6. The highest BCUT2D eigenvalue weighted by Crippen LogP contribution is 2.31. The van der Waals surface area contributed by atoms with E-state index in [0.29, 0.717) is 30.0 Å². The molecule has 1 fully saturated rings. The molecule has 0 radical (unpaired) electrons. The highest BCUT2D eigenvalue weighted by Gasteiger charge is 2.30. The van der Waals surface area contributed by atoms with Crippen LogP contribution in [0.1, 0.15) is 6.42 Å². The molecule has 2 rings (SSSR count). The van der Waals surface area contributed by atoms with Crippen LogP contribution in [0.2, 0.25) is 0 Å². The number of carbonyl (C=O) groups is 1. The van der Waals surface area contributed by atoms with Gasteiger partial charge < -0.3 is 16.4 Å². The van der Waals surface area contributed by atoms with Gasteiger partial charge in [0.1, 0.15) is 0 Å². The minimum atomic E-state index is 0.0379. The number of nitrogen functional groups attached to an aromatic ring is 2. The minimum Gasteiger partial charge on any atom is -0.396 e. The number of nitrogens with zero attached hydrogens (tertiary/aromatic N) is 2. The van der Waals surface area contributed by atoms with Crippen molar-refractivity contribution in [1.82, 2.24) is 4.98 Å². The van der Waals surface area contributed by atoms with Crippen LogP contribution in [0.3, 0.4) is 0 Å². The molecule has 0 bridgehead atoms. The standard InChI is InChI=1S/C9H11BrN4O/c10-5-1-8(15)14(4-5)7-3-13-2-6(11)9(7)12/h2-3,5H,1,4,11H2,(H2,12,13). The first-order valence-electron chi connectivity index (χ1n) is 4.53.